The highest BCUT2D eigenvalue weighted by Gasteiger charge is 2.12. The van der Waals surface area contributed by atoms with Crippen LogP contribution < -0.4 is 10.1 Å². The summed E-state index contributed by atoms with van der Waals surface area (Å²) in [6.45, 7) is 7.28. The molecular formula is C25H25N3O2S. The third-order valence-electron chi connectivity index (χ3n) is 5.17. The molecule has 0 aliphatic heterocycles. The molecule has 0 aliphatic rings. The first-order valence-electron chi connectivity index (χ1n) is 10.1. The van der Waals surface area contributed by atoms with E-state index in [2.05, 4.69) is 61.5 Å². The average molecular weight is 432 g/mol. The summed E-state index contributed by atoms with van der Waals surface area (Å²) in [5, 5.41) is 9.29. The standard InChI is InChI=1S/C25H25N3O2S/c1-17-7-9-20(10-8-17)14-28-12-11-24(27-28)26-25(29)23-13-21(16-31-23)15-30-22-6-4-5-18(2)19(22)3/h4-13,16H,14-15H2,1-3H3,(H,26,27,29). The van der Waals surface area contributed by atoms with Crippen molar-refractivity contribution in [2.45, 2.75) is 33.9 Å². The van der Waals surface area contributed by atoms with E-state index in [0.29, 0.717) is 23.8 Å². The molecule has 0 unspecified atom stereocenters. The third-order valence-corrected chi connectivity index (χ3v) is 6.15. The number of carbonyl (C=O) groups is 1. The van der Waals surface area contributed by atoms with Gasteiger partial charge in [-0.1, -0.05) is 42.0 Å². The largest absolute Gasteiger partial charge is 0.489 e. The summed E-state index contributed by atoms with van der Waals surface area (Å²) in [5.41, 5.74) is 5.70. The lowest BCUT2D eigenvalue weighted by Gasteiger charge is -2.09. The molecule has 0 radical (unpaired) electrons. The molecule has 6 heteroatoms. The van der Waals surface area contributed by atoms with E-state index in [1.165, 1.54) is 28.0 Å². The highest BCUT2D eigenvalue weighted by atomic mass is 32.1. The number of amides is 1. The molecule has 1 amide bonds. The van der Waals surface area contributed by atoms with Crippen molar-refractivity contribution in [2.75, 3.05) is 5.32 Å². The minimum atomic E-state index is -0.163. The first-order chi connectivity index (χ1) is 15.0. The van der Waals surface area contributed by atoms with Gasteiger partial charge in [-0.05, 0) is 55.0 Å². The van der Waals surface area contributed by atoms with E-state index in [-0.39, 0.29) is 5.91 Å². The number of carbonyl (C=O) groups excluding carboxylic acids is 1. The molecule has 0 saturated carbocycles. The van der Waals surface area contributed by atoms with E-state index in [0.717, 1.165) is 16.9 Å². The summed E-state index contributed by atoms with van der Waals surface area (Å²) in [7, 11) is 0. The Labute approximate surface area is 186 Å². The normalized spacial score (nSPS) is 10.8. The summed E-state index contributed by atoms with van der Waals surface area (Å²) in [4.78, 5) is 13.2. The maximum atomic E-state index is 12.6. The van der Waals surface area contributed by atoms with Crippen LogP contribution in [0.4, 0.5) is 5.82 Å². The molecule has 0 aliphatic carbocycles. The van der Waals surface area contributed by atoms with Crippen molar-refractivity contribution in [2.24, 2.45) is 0 Å². The van der Waals surface area contributed by atoms with Gasteiger partial charge >= 0.3 is 0 Å². The lowest BCUT2D eigenvalue weighted by Crippen LogP contribution is -2.11. The van der Waals surface area contributed by atoms with Gasteiger partial charge in [-0.3, -0.25) is 9.48 Å². The first kappa shape index (κ1) is 20.9. The van der Waals surface area contributed by atoms with Gasteiger partial charge < -0.3 is 10.1 Å². The minimum absolute atomic E-state index is 0.163. The van der Waals surface area contributed by atoms with Gasteiger partial charge in [-0.15, -0.1) is 11.3 Å². The molecule has 0 atom stereocenters. The third kappa shape index (κ3) is 5.22. The predicted molar refractivity (Wildman–Crippen MR) is 125 cm³/mol. The van der Waals surface area contributed by atoms with E-state index in [1.807, 2.05) is 40.5 Å². The number of benzene rings is 2. The number of anilines is 1. The smallest absolute Gasteiger partial charge is 0.266 e. The molecule has 0 saturated heterocycles. The lowest BCUT2D eigenvalue weighted by atomic mass is 10.1. The van der Waals surface area contributed by atoms with Gasteiger partial charge in [0.15, 0.2) is 5.82 Å². The SMILES string of the molecule is Cc1ccc(Cn2ccc(NC(=O)c3cc(COc4cccc(C)c4C)cs3)n2)cc1. The van der Waals surface area contributed by atoms with Gasteiger partial charge in [0.05, 0.1) is 11.4 Å². The van der Waals surface area contributed by atoms with Gasteiger partial charge in [0.25, 0.3) is 5.91 Å². The Morgan fingerprint density at radius 2 is 1.87 bits per heavy atom. The molecular weight excluding hydrogens is 406 g/mol. The molecule has 0 bridgehead atoms. The molecule has 0 fully saturated rings. The van der Waals surface area contributed by atoms with Crippen molar-refractivity contribution in [3.8, 4) is 5.75 Å². The second-order valence-corrected chi connectivity index (χ2v) is 8.56. The number of aromatic nitrogens is 2. The Bertz CT molecular complexity index is 1190. The Morgan fingerprint density at radius 3 is 2.68 bits per heavy atom. The quantitative estimate of drug-likeness (QED) is 0.405. The van der Waals surface area contributed by atoms with Gasteiger partial charge in [-0.25, -0.2) is 0 Å². The second kappa shape index (κ2) is 9.18. The Hall–Kier alpha value is -3.38. The number of rotatable bonds is 7. The number of hydrogen-bond donors (Lipinski definition) is 1. The molecule has 2 heterocycles. The molecule has 1 N–H and O–H groups in total. The number of thiophene rings is 1. The van der Waals surface area contributed by atoms with Gasteiger partial charge in [0.2, 0.25) is 0 Å². The fourth-order valence-electron chi connectivity index (χ4n) is 3.19. The van der Waals surface area contributed by atoms with Crippen LogP contribution in [0.25, 0.3) is 0 Å². The number of ether oxygens (including phenoxy) is 1. The predicted octanol–water partition coefficient (Wildman–Crippen LogP) is 5.75. The summed E-state index contributed by atoms with van der Waals surface area (Å²) < 4.78 is 7.76. The van der Waals surface area contributed by atoms with Crippen LogP contribution in [-0.4, -0.2) is 15.7 Å². The van der Waals surface area contributed by atoms with Crippen LogP contribution in [0.3, 0.4) is 0 Å². The molecule has 2 aromatic heterocycles. The van der Waals surface area contributed by atoms with Crippen LogP contribution in [0.1, 0.15) is 37.5 Å². The zero-order valence-electron chi connectivity index (χ0n) is 17.9. The summed E-state index contributed by atoms with van der Waals surface area (Å²) >= 11 is 1.40. The Morgan fingerprint density at radius 1 is 1.06 bits per heavy atom. The molecule has 0 spiro atoms. The van der Waals surface area contributed by atoms with Crippen LogP contribution in [0, 0.1) is 20.8 Å². The van der Waals surface area contributed by atoms with Crippen molar-refractivity contribution in [3.05, 3.63) is 98.9 Å². The Kier molecular flexibility index (Phi) is 6.18. The zero-order valence-corrected chi connectivity index (χ0v) is 18.7. The fourth-order valence-corrected chi connectivity index (χ4v) is 3.98. The summed E-state index contributed by atoms with van der Waals surface area (Å²) in [6, 6.07) is 18.0. The van der Waals surface area contributed by atoms with Crippen LogP contribution >= 0.6 is 11.3 Å². The maximum absolute atomic E-state index is 12.6. The van der Waals surface area contributed by atoms with Crippen LogP contribution in [0.2, 0.25) is 0 Å². The van der Waals surface area contributed by atoms with Gasteiger partial charge in [0, 0.05) is 17.8 Å². The Balaban J connectivity index is 1.34. The van der Waals surface area contributed by atoms with Crippen molar-refractivity contribution in [3.63, 3.8) is 0 Å². The highest BCUT2D eigenvalue weighted by molar-refractivity contribution is 7.12. The van der Waals surface area contributed by atoms with Gasteiger partial charge in [0.1, 0.15) is 12.4 Å². The van der Waals surface area contributed by atoms with E-state index in [1.54, 1.807) is 0 Å². The number of nitrogens with one attached hydrogen (secondary N) is 1. The average Bonchev–Trinajstić information content (AvgIpc) is 3.40. The highest BCUT2D eigenvalue weighted by Crippen LogP contribution is 2.23. The molecule has 4 aromatic rings. The molecule has 4 rings (SSSR count). The summed E-state index contributed by atoms with van der Waals surface area (Å²) in [6.07, 6.45) is 1.87. The van der Waals surface area contributed by atoms with E-state index >= 15 is 0 Å². The molecule has 2 aromatic carbocycles. The topological polar surface area (TPSA) is 56.2 Å². The first-order valence-corrected chi connectivity index (χ1v) is 11.0. The van der Waals surface area contributed by atoms with Crippen LogP contribution in [0.5, 0.6) is 5.75 Å². The van der Waals surface area contributed by atoms with E-state index < -0.39 is 0 Å². The van der Waals surface area contributed by atoms with E-state index in [9.17, 15) is 4.79 Å². The number of aryl methyl sites for hydroxylation is 2. The number of nitrogens with zero attached hydrogens (tertiary/aromatic N) is 2. The second-order valence-electron chi connectivity index (χ2n) is 7.64. The fraction of sp³-hybridized carbons (Fsp3) is 0.200. The van der Waals surface area contributed by atoms with Crippen molar-refractivity contribution >= 4 is 23.1 Å². The monoisotopic (exact) mass is 431 g/mol. The molecule has 158 valence electrons. The van der Waals surface area contributed by atoms with Crippen molar-refractivity contribution in [1.82, 2.24) is 9.78 Å². The van der Waals surface area contributed by atoms with Crippen LogP contribution in [0.15, 0.2) is 66.2 Å². The van der Waals surface area contributed by atoms with Crippen molar-refractivity contribution < 1.29 is 9.53 Å². The summed E-state index contributed by atoms with van der Waals surface area (Å²) in [5.74, 6) is 1.25. The molecule has 5 nitrogen and oxygen atoms in total. The minimum Gasteiger partial charge on any atom is -0.489 e. The number of hydrogen-bond acceptors (Lipinski definition) is 4. The maximum Gasteiger partial charge on any atom is 0.266 e. The van der Waals surface area contributed by atoms with Crippen molar-refractivity contribution in [1.29, 1.82) is 0 Å². The molecule has 31 heavy (non-hydrogen) atoms. The van der Waals surface area contributed by atoms with Gasteiger partial charge in [-0.2, -0.15) is 5.10 Å². The van der Waals surface area contributed by atoms with E-state index in [4.69, 9.17) is 4.74 Å². The zero-order chi connectivity index (χ0) is 21.8. The lowest BCUT2D eigenvalue weighted by molar-refractivity contribution is 0.103. The van der Waals surface area contributed by atoms with Crippen LogP contribution in [-0.2, 0) is 13.2 Å².